The molecule has 0 bridgehead atoms. The van der Waals surface area contributed by atoms with Crippen molar-refractivity contribution in [3.05, 3.63) is 0 Å². The van der Waals surface area contributed by atoms with E-state index in [1.54, 1.807) is 0 Å². The topological polar surface area (TPSA) is 55.1 Å². The Bertz CT molecular complexity index is 314. The second-order valence-electron chi connectivity index (χ2n) is 7.10. The van der Waals surface area contributed by atoms with Crippen LogP contribution in [0.4, 0.5) is 0 Å². The van der Waals surface area contributed by atoms with Gasteiger partial charge < -0.3 is 11.1 Å². The van der Waals surface area contributed by atoms with Crippen LogP contribution in [0.2, 0.25) is 0 Å². The maximum atomic E-state index is 12.4. The Labute approximate surface area is 111 Å². The molecule has 2 aliphatic carbocycles. The van der Waals surface area contributed by atoms with Gasteiger partial charge in [0.15, 0.2) is 0 Å². The van der Waals surface area contributed by atoms with E-state index in [4.69, 9.17) is 5.73 Å². The second-order valence-corrected chi connectivity index (χ2v) is 7.10. The van der Waals surface area contributed by atoms with Crippen molar-refractivity contribution < 1.29 is 4.79 Å². The normalized spacial score (nSPS) is 39.6. The molecular formula is C15H28N2O. The quantitative estimate of drug-likeness (QED) is 0.793. The third-order valence-electron chi connectivity index (χ3n) is 5.12. The van der Waals surface area contributed by atoms with Crippen LogP contribution < -0.4 is 11.1 Å². The Kier molecular flexibility index (Phi) is 4.00. The van der Waals surface area contributed by atoms with Gasteiger partial charge >= 0.3 is 0 Å². The van der Waals surface area contributed by atoms with Crippen LogP contribution in [0.5, 0.6) is 0 Å². The predicted octanol–water partition coefficient (Wildman–Crippen LogP) is 2.44. The Hall–Kier alpha value is -0.570. The minimum Gasteiger partial charge on any atom is -0.353 e. The molecule has 0 aromatic carbocycles. The van der Waals surface area contributed by atoms with Gasteiger partial charge in [-0.1, -0.05) is 27.2 Å². The molecule has 1 amide bonds. The molecule has 104 valence electrons. The summed E-state index contributed by atoms with van der Waals surface area (Å²) in [7, 11) is 0. The summed E-state index contributed by atoms with van der Waals surface area (Å²) in [5, 5.41) is 3.30. The Morgan fingerprint density at radius 2 is 2.00 bits per heavy atom. The molecule has 2 fully saturated rings. The SMILES string of the molecule is CC1CC(N)CCC1C(=O)NC1CCCC1(C)C. The van der Waals surface area contributed by atoms with Gasteiger partial charge in [-0.25, -0.2) is 0 Å². The minimum absolute atomic E-state index is 0.182. The Morgan fingerprint density at radius 3 is 2.56 bits per heavy atom. The lowest BCUT2D eigenvalue weighted by Gasteiger charge is -2.34. The minimum atomic E-state index is 0.182. The van der Waals surface area contributed by atoms with Crippen LogP contribution >= 0.6 is 0 Å². The van der Waals surface area contributed by atoms with Gasteiger partial charge in [-0.05, 0) is 43.4 Å². The van der Waals surface area contributed by atoms with Crippen molar-refractivity contribution in [2.75, 3.05) is 0 Å². The number of nitrogens with two attached hydrogens (primary N) is 1. The molecule has 4 atom stereocenters. The second kappa shape index (κ2) is 5.20. The molecule has 0 saturated heterocycles. The lowest BCUT2D eigenvalue weighted by atomic mass is 9.77. The van der Waals surface area contributed by atoms with Crippen molar-refractivity contribution in [1.29, 1.82) is 0 Å². The van der Waals surface area contributed by atoms with E-state index in [1.807, 2.05) is 0 Å². The molecule has 3 N–H and O–H groups in total. The van der Waals surface area contributed by atoms with E-state index in [-0.39, 0.29) is 17.2 Å². The summed E-state index contributed by atoms with van der Waals surface area (Å²) in [6, 6.07) is 0.666. The largest absolute Gasteiger partial charge is 0.353 e. The fourth-order valence-corrected chi connectivity index (χ4v) is 3.70. The van der Waals surface area contributed by atoms with Gasteiger partial charge in [0.2, 0.25) is 5.91 Å². The Morgan fingerprint density at radius 1 is 1.28 bits per heavy atom. The van der Waals surface area contributed by atoms with Gasteiger partial charge in [0.25, 0.3) is 0 Å². The summed E-state index contributed by atoms with van der Waals surface area (Å²) < 4.78 is 0. The summed E-state index contributed by atoms with van der Waals surface area (Å²) in [6.45, 7) is 6.71. The van der Waals surface area contributed by atoms with E-state index in [2.05, 4.69) is 26.1 Å². The maximum absolute atomic E-state index is 12.4. The molecule has 3 heteroatoms. The van der Waals surface area contributed by atoms with E-state index in [0.717, 1.165) is 25.7 Å². The van der Waals surface area contributed by atoms with Crippen LogP contribution in [0.15, 0.2) is 0 Å². The predicted molar refractivity (Wildman–Crippen MR) is 74.0 cm³/mol. The number of hydrogen-bond acceptors (Lipinski definition) is 2. The van der Waals surface area contributed by atoms with Gasteiger partial charge in [0, 0.05) is 18.0 Å². The van der Waals surface area contributed by atoms with Crippen LogP contribution in [-0.4, -0.2) is 18.0 Å². The number of carbonyl (C=O) groups excluding carboxylic acids is 1. The first-order chi connectivity index (χ1) is 8.40. The van der Waals surface area contributed by atoms with E-state index in [1.165, 1.54) is 12.8 Å². The molecule has 3 nitrogen and oxygen atoms in total. The first kappa shape index (κ1) is 13.9. The van der Waals surface area contributed by atoms with Crippen LogP contribution in [0.3, 0.4) is 0 Å². The third kappa shape index (κ3) is 2.87. The average Bonchev–Trinajstić information content (AvgIpc) is 2.58. The van der Waals surface area contributed by atoms with Crippen LogP contribution in [0, 0.1) is 17.3 Å². The van der Waals surface area contributed by atoms with Crippen molar-refractivity contribution in [2.45, 2.75) is 71.4 Å². The number of hydrogen-bond donors (Lipinski definition) is 2. The monoisotopic (exact) mass is 252 g/mol. The number of nitrogens with one attached hydrogen (secondary N) is 1. The summed E-state index contributed by atoms with van der Waals surface area (Å²) in [5.41, 5.74) is 6.23. The lowest BCUT2D eigenvalue weighted by molar-refractivity contribution is -0.129. The summed E-state index contributed by atoms with van der Waals surface area (Å²) in [6.07, 6.45) is 6.55. The fourth-order valence-electron chi connectivity index (χ4n) is 3.70. The van der Waals surface area contributed by atoms with E-state index >= 15 is 0 Å². The molecule has 4 unspecified atom stereocenters. The van der Waals surface area contributed by atoms with Crippen LogP contribution in [0.1, 0.15) is 59.3 Å². The summed E-state index contributed by atoms with van der Waals surface area (Å²) in [4.78, 5) is 12.4. The molecular weight excluding hydrogens is 224 g/mol. The number of carbonyl (C=O) groups is 1. The summed E-state index contributed by atoms with van der Waals surface area (Å²) >= 11 is 0. The number of rotatable bonds is 2. The van der Waals surface area contributed by atoms with Crippen molar-refractivity contribution in [1.82, 2.24) is 5.32 Å². The van der Waals surface area contributed by atoms with Crippen LogP contribution in [-0.2, 0) is 4.79 Å². The highest BCUT2D eigenvalue weighted by Gasteiger charge is 2.38. The first-order valence-electron chi connectivity index (χ1n) is 7.46. The molecule has 0 heterocycles. The molecule has 0 aromatic rings. The standard InChI is InChI=1S/C15H28N2O/c1-10-9-11(16)6-7-12(10)14(18)17-13-5-4-8-15(13,2)3/h10-13H,4-9,16H2,1-3H3,(H,17,18). The number of amides is 1. The van der Waals surface area contributed by atoms with Crippen molar-refractivity contribution in [2.24, 2.45) is 23.0 Å². The smallest absolute Gasteiger partial charge is 0.223 e. The zero-order valence-electron chi connectivity index (χ0n) is 12.0. The maximum Gasteiger partial charge on any atom is 0.223 e. The van der Waals surface area contributed by atoms with E-state index in [9.17, 15) is 4.79 Å². The zero-order valence-corrected chi connectivity index (χ0v) is 12.0. The molecule has 0 aromatic heterocycles. The van der Waals surface area contributed by atoms with Gasteiger partial charge in [-0.15, -0.1) is 0 Å². The van der Waals surface area contributed by atoms with Crippen molar-refractivity contribution in [3.8, 4) is 0 Å². The summed E-state index contributed by atoms with van der Waals surface area (Å²) in [5.74, 6) is 0.883. The fraction of sp³-hybridized carbons (Fsp3) is 0.933. The first-order valence-corrected chi connectivity index (χ1v) is 7.46. The Balaban J connectivity index is 1.92. The molecule has 2 aliphatic rings. The van der Waals surface area contributed by atoms with Gasteiger partial charge in [-0.3, -0.25) is 4.79 Å². The molecule has 2 saturated carbocycles. The lowest BCUT2D eigenvalue weighted by Crippen LogP contribution is -2.47. The average molecular weight is 252 g/mol. The van der Waals surface area contributed by atoms with E-state index in [0.29, 0.717) is 18.0 Å². The molecule has 0 aliphatic heterocycles. The van der Waals surface area contributed by atoms with Gasteiger partial charge in [0.05, 0.1) is 0 Å². The molecule has 18 heavy (non-hydrogen) atoms. The molecule has 2 rings (SSSR count). The third-order valence-corrected chi connectivity index (χ3v) is 5.12. The highest BCUT2D eigenvalue weighted by atomic mass is 16.2. The van der Waals surface area contributed by atoms with Gasteiger partial charge in [0.1, 0.15) is 0 Å². The van der Waals surface area contributed by atoms with Crippen molar-refractivity contribution >= 4 is 5.91 Å². The highest BCUT2D eigenvalue weighted by molar-refractivity contribution is 5.79. The zero-order chi connectivity index (χ0) is 13.3. The van der Waals surface area contributed by atoms with E-state index < -0.39 is 0 Å². The van der Waals surface area contributed by atoms with Crippen LogP contribution in [0.25, 0.3) is 0 Å². The molecule has 0 spiro atoms. The van der Waals surface area contributed by atoms with Crippen molar-refractivity contribution in [3.63, 3.8) is 0 Å². The highest BCUT2D eigenvalue weighted by Crippen LogP contribution is 2.38. The molecule has 0 radical (unpaired) electrons. The van der Waals surface area contributed by atoms with Gasteiger partial charge in [-0.2, -0.15) is 0 Å².